The summed E-state index contributed by atoms with van der Waals surface area (Å²) in [6.07, 6.45) is 4.35. The Morgan fingerprint density at radius 3 is 2.87 bits per heavy atom. The van der Waals surface area contributed by atoms with Crippen molar-refractivity contribution < 1.29 is 19.5 Å². The molecule has 0 bridgehead atoms. The van der Waals surface area contributed by atoms with E-state index in [1.54, 1.807) is 22.2 Å². The summed E-state index contributed by atoms with van der Waals surface area (Å²) in [6.45, 7) is 2.64. The van der Waals surface area contributed by atoms with Crippen LogP contribution in [0, 0.1) is 6.92 Å². The van der Waals surface area contributed by atoms with Gasteiger partial charge in [0, 0.05) is 22.8 Å². The van der Waals surface area contributed by atoms with Crippen LogP contribution >= 0.6 is 11.3 Å². The monoisotopic (exact) mass is 440 g/mol. The first kappa shape index (κ1) is 19.7. The van der Waals surface area contributed by atoms with Crippen molar-refractivity contribution in [1.29, 1.82) is 0 Å². The Kier molecular flexibility index (Phi) is 5.14. The molecule has 1 saturated heterocycles. The largest absolute Gasteiger partial charge is 0.442 e. The second-order valence-electron chi connectivity index (χ2n) is 7.29. The van der Waals surface area contributed by atoms with Crippen molar-refractivity contribution in [3.05, 3.63) is 53.3 Å². The maximum absolute atomic E-state index is 12.3. The van der Waals surface area contributed by atoms with Gasteiger partial charge in [-0.25, -0.2) is 14.5 Å². The summed E-state index contributed by atoms with van der Waals surface area (Å²) in [5, 5.41) is 17.1. The van der Waals surface area contributed by atoms with Gasteiger partial charge in [-0.05, 0) is 37.3 Å². The third kappa shape index (κ3) is 4.02. The zero-order chi connectivity index (χ0) is 21.4. The van der Waals surface area contributed by atoms with Crippen molar-refractivity contribution in [3.63, 3.8) is 0 Å². The summed E-state index contributed by atoms with van der Waals surface area (Å²) in [7, 11) is 0. The molecule has 11 heteroatoms. The van der Waals surface area contributed by atoms with Gasteiger partial charge in [0.2, 0.25) is 0 Å². The van der Waals surface area contributed by atoms with Crippen molar-refractivity contribution in [2.24, 2.45) is 0 Å². The summed E-state index contributed by atoms with van der Waals surface area (Å²) in [4.78, 5) is 25.6. The van der Waals surface area contributed by atoms with Crippen LogP contribution in [-0.4, -0.2) is 56.5 Å². The number of ether oxygens (including phenoxy) is 1. The smallest absolute Gasteiger partial charge is 0.416 e. The molecule has 0 aliphatic carbocycles. The van der Waals surface area contributed by atoms with Gasteiger partial charge < -0.3 is 9.84 Å². The van der Waals surface area contributed by atoms with E-state index in [1.165, 1.54) is 4.90 Å². The average Bonchev–Trinajstić information content (AvgIpc) is 3.55. The van der Waals surface area contributed by atoms with Crippen LogP contribution in [0.25, 0.3) is 16.1 Å². The zero-order valence-corrected chi connectivity index (χ0v) is 17.5. The fourth-order valence-corrected chi connectivity index (χ4v) is 4.41. The van der Waals surface area contributed by atoms with Gasteiger partial charge in [-0.15, -0.1) is 16.4 Å². The van der Waals surface area contributed by atoms with E-state index in [2.05, 4.69) is 20.8 Å². The number of aromatic nitrogens is 4. The number of hydrogen-bond acceptors (Lipinski definition) is 9. The molecule has 0 saturated carbocycles. The predicted octanol–water partition coefficient (Wildman–Crippen LogP) is 1.97. The highest BCUT2D eigenvalue weighted by molar-refractivity contribution is 7.16. The maximum atomic E-state index is 12.3. The summed E-state index contributed by atoms with van der Waals surface area (Å²) in [5.74, 6) is 0.544. The number of aliphatic hydroxyl groups excluding tert-OH is 1. The first-order valence-electron chi connectivity index (χ1n) is 9.75. The number of nitrogens with zero attached hydrogens (tertiary/aromatic N) is 5. The molecule has 160 valence electrons. The van der Waals surface area contributed by atoms with Crippen LogP contribution in [0.5, 0.6) is 0 Å². The minimum Gasteiger partial charge on any atom is -0.442 e. The SMILES string of the molecule is Cc1cn(C[C@H]2CN(c3ccc(-c4ccc(C5=CC(CO)ON5)s4)cn3)C(=O)O2)nn1. The Morgan fingerprint density at radius 1 is 1.29 bits per heavy atom. The Hall–Kier alpha value is -3.28. The van der Waals surface area contributed by atoms with Gasteiger partial charge in [0.05, 0.1) is 36.0 Å². The van der Waals surface area contributed by atoms with Gasteiger partial charge in [-0.3, -0.25) is 15.2 Å². The third-order valence-electron chi connectivity index (χ3n) is 4.95. The van der Waals surface area contributed by atoms with Crippen molar-refractivity contribution in [2.75, 3.05) is 18.1 Å². The first-order valence-corrected chi connectivity index (χ1v) is 10.6. The molecule has 2 aliphatic heterocycles. The number of nitrogens with one attached hydrogen (secondary N) is 1. The van der Waals surface area contributed by atoms with Gasteiger partial charge in [0.1, 0.15) is 18.0 Å². The molecule has 1 unspecified atom stereocenters. The van der Waals surface area contributed by atoms with Crippen LogP contribution in [-0.2, 0) is 16.1 Å². The lowest BCUT2D eigenvalue weighted by molar-refractivity contribution is 0.0174. The van der Waals surface area contributed by atoms with Gasteiger partial charge in [0.25, 0.3) is 0 Å². The molecule has 2 atom stereocenters. The second-order valence-corrected chi connectivity index (χ2v) is 8.37. The fourth-order valence-electron chi connectivity index (χ4n) is 3.44. The number of pyridine rings is 1. The topological polar surface area (TPSA) is 115 Å². The number of thiophene rings is 1. The molecule has 1 amide bonds. The standard InChI is InChI=1S/C20H20N6O4S/c1-12-8-25(24-22-12)9-15-10-26(20(28)29-15)19-5-2-13(7-21-19)17-3-4-18(31-17)16-6-14(11-27)30-23-16/h2-8,14-15,23,27H,9-11H2,1H3/t14?,15-/m0/s1. The van der Waals surface area contributed by atoms with Crippen LogP contribution in [0.2, 0.25) is 0 Å². The van der Waals surface area contributed by atoms with Gasteiger partial charge in [-0.2, -0.15) is 0 Å². The molecule has 2 aliphatic rings. The van der Waals surface area contributed by atoms with Crippen LogP contribution in [0.15, 0.2) is 42.7 Å². The first-order chi connectivity index (χ1) is 15.1. The van der Waals surface area contributed by atoms with E-state index in [4.69, 9.17) is 9.57 Å². The predicted molar refractivity (Wildman–Crippen MR) is 113 cm³/mol. The van der Waals surface area contributed by atoms with E-state index in [9.17, 15) is 9.90 Å². The highest BCUT2D eigenvalue weighted by atomic mass is 32.1. The van der Waals surface area contributed by atoms with Crippen molar-refractivity contribution in [3.8, 4) is 10.4 Å². The highest BCUT2D eigenvalue weighted by Gasteiger charge is 2.33. The molecule has 5 rings (SSSR count). The number of carbonyl (C=O) groups is 1. The number of anilines is 1. The number of hydrogen-bond donors (Lipinski definition) is 2. The number of rotatable bonds is 6. The highest BCUT2D eigenvalue weighted by Crippen LogP contribution is 2.33. The molecule has 5 heterocycles. The van der Waals surface area contributed by atoms with E-state index in [-0.39, 0.29) is 18.8 Å². The molecule has 3 aromatic rings. The minimum absolute atomic E-state index is 0.0711. The molecule has 2 N–H and O–H groups in total. The minimum atomic E-state index is -0.418. The molecule has 3 aromatic heterocycles. The number of hydroxylamine groups is 1. The number of carbonyl (C=O) groups excluding carboxylic acids is 1. The Balaban J connectivity index is 1.27. The van der Waals surface area contributed by atoms with E-state index < -0.39 is 6.09 Å². The van der Waals surface area contributed by atoms with E-state index in [1.807, 2.05) is 43.5 Å². The molecule has 31 heavy (non-hydrogen) atoms. The summed E-state index contributed by atoms with van der Waals surface area (Å²) < 4.78 is 7.12. The summed E-state index contributed by atoms with van der Waals surface area (Å²) >= 11 is 1.58. The lowest BCUT2D eigenvalue weighted by Gasteiger charge is -2.12. The van der Waals surface area contributed by atoms with Crippen LogP contribution in [0.1, 0.15) is 10.6 Å². The Morgan fingerprint density at radius 2 is 2.16 bits per heavy atom. The molecule has 1 fully saturated rings. The summed E-state index contributed by atoms with van der Waals surface area (Å²) in [5.41, 5.74) is 5.44. The third-order valence-corrected chi connectivity index (χ3v) is 6.12. The van der Waals surface area contributed by atoms with Gasteiger partial charge in [0.15, 0.2) is 0 Å². The van der Waals surface area contributed by atoms with Crippen LogP contribution < -0.4 is 10.4 Å². The number of aryl methyl sites for hydroxylation is 1. The normalized spacial score (nSPS) is 20.6. The van der Waals surface area contributed by atoms with Gasteiger partial charge in [-0.1, -0.05) is 5.21 Å². The van der Waals surface area contributed by atoms with Crippen molar-refractivity contribution in [2.45, 2.75) is 25.7 Å². The quantitative estimate of drug-likeness (QED) is 0.598. The van der Waals surface area contributed by atoms with Gasteiger partial charge >= 0.3 is 6.09 Å². The average molecular weight is 440 g/mol. The molecule has 0 radical (unpaired) electrons. The van der Waals surface area contributed by atoms with E-state index >= 15 is 0 Å². The molecule has 0 spiro atoms. The lowest BCUT2D eigenvalue weighted by Crippen LogP contribution is -2.26. The summed E-state index contributed by atoms with van der Waals surface area (Å²) in [6, 6.07) is 7.74. The number of aliphatic hydroxyl groups is 1. The van der Waals surface area contributed by atoms with E-state index in [0.717, 1.165) is 26.7 Å². The molecular weight excluding hydrogens is 420 g/mol. The fraction of sp³-hybridized carbons (Fsp3) is 0.300. The van der Waals surface area contributed by atoms with Crippen LogP contribution in [0.4, 0.5) is 10.6 Å². The maximum Gasteiger partial charge on any atom is 0.416 e. The van der Waals surface area contributed by atoms with Crippen LogP contribution in [0.3, 0.4) is 0 Å². The molecular formula is C20H20N6O4S. The molecule has 0 aromatic carbocycles. The number of amides is 1. The lowest BCUT2D eigenvalue weighted by atomic mass is 10.2. The Labute approximate surface area is 181 Å². The van der Waals surface area contributed by atoms with Crippen molar-refractivity contribution in [1.82, 2.24) is 25.5 Å². The zero-order valence-electron chi connectivity index (χ0n) is 16.6. The second kappa shape index (κ2) is 8.10. The molecule has 10 nitrogen and oxygen atoms in total. The van der Waals surface area contributed by atoms with E-state index in [0.29, 0.717) is 18.9 Å². The number of cyclic esters (lactones) is 1. The Bertz CT molecular complexity index is 1120. The van der Waals surface area contributed by atoms with Crippen molar-refractivity contribution >= 4 is 28.9 Å².